The van der Waals surface area contributed by atoms with Crippen LogP contribution in [0.3, 0.4) is 0 Å². The summed E-state index contributed by atoms with van der Waals surface area (Å²) < 4.78 is 9.96. The van der Waals surface area contributed by atoms with E-state index in [9.17, 15) is 4.79 Å². The van der Waals surface area contributed by atoms with Gasteiger partial charge in [0.25, 0.3) is 0 Å². The topological polar surface area (TPSA) is 142 Å². The molecule has 26 heavy (non-hydrogen) atoms. The number of guanidine groups is 1. The molecule has 138 valence electrons. The average molecular weight is 359 g/mol. The van der Waals surface area contributed by atoms with Crippen LogP contribution in [0.2, 0.25) is 0 Å². The van der Waals surface area contributed by atoms with Gasteiger partial charge >= 0.3 is 6.09 Å². The van der Waals surface area contributed by atoms with E-state index in [-0.39, 0.29) is 12.6 Å². The summed E-state index contributed by atoms with van der Waals surface area (Å²) in [4.78, 5) is 29.6. The highest BCUT2D eigenvalue weighted by molar-refractivity contribution is 5.87. The van der Waals surface area contributed by atoms with Gasteiger partial charge in [-0.2, -0.15) is 0 Å². The first-order valence-electron chi connectivity index (χ1n) is 7.74. The van der Waals surface area contributed by atoms with Crippen molar-refractivity contribution in [3.63, 3.8) is 0 Å². The third-order valence-electron chi connectivity index (χ3n) is 3.28. The summed E-state index contributed by atoms with van der Waals surface area (Å²) in [6.45, 7) is 1.22. The van der Waals surface area contributed by atoms with Crippen molar-refractivity contribution in [3.05, 3.63) is 36.3 Å². The average Bonchev–Trinajstić information content (AvgIpc) is 2.64. The number of aliphatic imine (C=N–C) groups is 1. The Balaban J connectivity index is 2.05. The van der Waals surface area contributed by atoms with Gasteiger partial charge in [0.1, 0.15) is 6.61 Å². The highest BCUT2D eigenvalue weighted by Crippen LogP contribution is 2.17. The molecule has 0 aromatic carbocycles. The number of pyridine rings is 1. The van der Waals surface area contributed by atoms with E-state index in [4.69, 9.17) is 20.9 Å². The van der Waals surface area contributed by atoms with Crippen LogP contribution in [0.4, 0.5) is 10.7 Å². The van der Waals surface area contributed by atoms with Gasteiger partial charge in [-0.1, -0.05) is 6.07 Å². The maximum Gasteiger partial charge on any atom is 0.437 e. The quantitative estimate of drug-likeness (QED) is 0.534. The Morgan fingerprint density at radius 2 is 2.00 bits per heavy atom. The zero-order valence-electron chi connectivity index (χ0n) is 14.6. The summed E-state index contributed by atoms with van der Waals surface area (Å²) in [7, 11) is 3.53. The SMILES string of the molecule is COCCN(C)c1ncc(-c2cccc(COC(=O)N=C(N)N)n2)cn1. The van der Waals surface area contributed by atoms with Crippen LogP contribution >= 0.6 is 0 Å². The van der Waals surface area contributed by atoms with Crippen LogP contribution < -0.4 is 16.4 Å². The predicted octanol–water partition coefficient (Wildman–Crippen LogP) is 0.531. The summed E-state index contributed by atoms with van der Waals surface area (Å²) in [6, 6.07) is 5.33. The number of nitrogens with two attached hydrogens (primary N) is 2. The van der Waals surface area contributed by atoms with Crippen molar-refractivity contribution in [2.75, 3.05) is 32.2 Å². The van der Waals surface area contributed by atoms with E-state index in [0.29, 0.717) is 30.5 Å². The first kappa shape index (κ1) is 19.1. The number of anilines is 1. The van der Waals surface area contributed by atoms with Crippen molar-refractivity contribution >= 4 is 18.0 Å². The normalized spacial score (nSPS) is 10.2. The molecule has 0 radical (unpaired) electrons. The van der Waals surface area contributed by atoms with E-state index in [0.717, 1.165) is 5.56 Å². The molecule has 2 aromatic heterocycles. The molecule has 0 aliphatic carbocycles. The fraction of sp³-hybridized carbons (Fsp3) is 0.312. The van der Waals surface area contributed by atoms with Crippen molar-refractivity contribution in [2.45, 2.75) is 6.61 Å². The second kappa shape index (κ2) is 9.28. The van der Waals surface area contributed by atoms with Crippen LogP contribution in [0.25, 0.3) is 11.3 Å². The largest absolute Gasteiger partial charge is 0.441 e. The van der Waals surface area contributed by atoms with E-state index in [2.05, 4.69) is 19.9 Å². The number of hydrogen-bond acceptors (Lipinski definition) is 7. The fourth-order valence-corrected chi connectivity index (χ4v) is 1.97. The Kier molecular flexibility index (Phi) is 6.80. The number of ether oxygens (including phenoxy) is 2. The van der Waals surface area contributed by atoms with Crippen LogP contribution in [-0.4, -0.2) is 54.3 Å². The molecule has 0 atom stereocenters. The zero-order chi connectivity index (χ0) is 18.9. The predicted molar refractivity (Wildman–Crippen MR) is 96.4 cm³/mol. The minimum absolute atomic E-state index is 0.0534. The molecule has 2 heterocycles. The van der Waals surface area contributed by atoms with Crippen LogP contribution in [0.5, 0.6) is 0 Å². The summed E-state index contributed by atoms with van der Waals surface area (Å²) in [6.07, 6.45) is 2.50. The third-order valence-corrected chi connectivity index (χ3v) is 3.28. The lowest BCUT2D eigenvalue weighted by Gasteiger charge is -2.16. The standard InChI is InChI=1S/C16H21N7O3/c1-23(6-7-25-2)15-19-8-11(9-20-15)13-5-3-4-12(21-13)10-26-16(24)22-14(17)18/h3-5,8-9H,6-7,10H2,1-2H3,(H4,17,18,22,24). The van der Waals surface area contributed by atoms with Crippen molar-refractivity contribution < 1.29 is 14.3 Å². The Bertz CT molecular complexity index is 761. The number of rotatable bonds is 7. The van der Waals surface area contributed by atoms with Crippen LogP contribution in [-0.2, 0) is 16.1 Å². The van der Waals surface area contributed by atoms with Gasteiger partial charge < -0.3 is 25.8 Å². The number of carbonyl (C=O) groups is 1. The summed E-state index contributed by atoms with van der Waals surface area (Å²) in [5, 5.41) is 0. The lowest BCUT2D eigenvalue weighted by Crippen LogP contribution is -2.24. The minimum Gasteiger partial charge on any atom is -0.441 e. The summed E-state index contributed by atoms with van der Waals surface area (Å²) in [5.74, 6) is 0.234. The van der Waals surface area contributed by atoms with Crippen LogP contribution in [0, 0.1) is 0 Å². The van der Waals surface area contributed by atoms with Crippen molar-refractivity contribution in [3.8, 4) is 11.3 Å². The molecule has 4 N–H and O–H groups in total. The molecule has 2 rings (SSSR count). The van der Waals surface area contributed by atoms with E-state index in [1.54, 1.807) is 31.6 Å². The Labute approximate surface area is 150 Å². The van der Waals surface area contributed by atoms with Gasteiger partial charge in [0.2, 0.25) is 5.95 Å². The van der Waals surface area contributed by atoms with E-state index in [1.807, 2.05) is 18.0 Å². The third kappa shape index (κ3) is 5.67. The maximum absolute atomic E-state index is 11.3. The molecule has 0 saturated carbocycles. The monoisotopic (exact) mass is 359 g/mol. The first-order chi connectivity index (χ1) is 12.5. The molecule has 0 aliphatic rings. The molecule has 0 unspecified atom stereocenters. The van der Waals surface area contributed by atoms with Crippen LogP contribution in [0.1, 0.15) is 5.69 Å². The van der Waals surface area contributed by atoms with Gasteiger partial charge in [0, 0.05) is 38.7 Å². The molecule has 0 spiro atoms. The molecule has 10 nitrogen and oxygen atoms in total. The molecule has 0 bridgehead atoms. The zero-order valence-corrected chi connectivity index (χ0v) is 14.6. The van der Waals surface area contributed by atoms with Gasteiger partial charge in [-0.05, 0) is 12.1 Å². The van der Waals surface area contributed by atoms with Crippen molar-refractivity contribution in [1.82, 2.24) is 15.0 Å². The number of methoxy groups -OCH3 is 1. The highest BCUT2D eigenvalue weighted by Gasteiger charge is 2.08. The number of likely N-dealkylation sites (N-methyl/N-ethyl adjacent to an activating group) is 1. The van der Waals surface area contributed by atoms with Gasteiger partial charge in [-0.25, -0.2) is 19.7 Å². The molecule has 10 heteroatoms. The first-order valence-corrected chi connectivity index (χ1v) is 7.74. The number of hydrogen-bond donors (Lipinski definition) is 2. The van der Waals surface area contributed by atoms with Gasteiger partial charge in [-0.3, -0.25) is 0 Å². The van der Waals surface area contributed by atoms with Crippen LogP contribution in [0.15, 0.2) is 35.6 Å². The maximum atomic E-state index is 11.3. The van der Waals surface area contributed by atoms with Crippen molar-refractivity contribution in [1.29, 1.82) is 0 Å². The van der Waals surface area contributed by atoms with E-state index in [1.165, 1.54) is 0 Å². The van der Waals surface area contributed by atoms with Crippen molar-refractivity contribution in [2.24, 2.45) is 16.5 Å². The molecule has 1 amide bonds. The second-order valence-corrected chi connectivity index (χ2v) is 5.29. The fourth-order valence-electron chi connectivity index (χ4n) is 1.97. The number of aromatic nitrogens is 3. The molecular formula is C16H21N7O3. The molecule has 0 saturated heterocycles. The second-order valence-electron chi connectivity index (χ2n) is 5.29. The Morgan fingerprint density at radius 1 is 1.27 bits per heavy atom. The Morgan fingerprint density at radius 3 is 2.65 bits per heavy atom. The summed E-state index contributed by atoms with van der Waals surface area (Å²) >= 11 is 0. The molecule has 2 aromatic rings. The highest BCUT2D eigenvalue weighted by atomic mass is 16.5. The number of nitrogens with zero attached hydrogens (tertiary/aromatic N) is 5. The van der Waals surface area contributed by atoms with Gasteiger partial charge in [-0.15, -0.1) is 4.99 Å². The molecule has 0 aliphatic heterocycles. The number of amides is 1. The lowest BCUT2D eigenvalue weighted by atomic mass is 10.2. The van der Waals surface area contributed by atoms with Gasteiger partial charge in [0.05, 0.1) is 18.0 Å². The molecule has 0 fully saturated rings. The smallest absolute Gasteiger partial charge is 0.437 e. The lowest BCUT2D eigenvalue weighted by molar-refractivity contribution is 0.149. The Hall–Kier alpha value is -3.27. The van der Waals surface area contributed by atoms with E-state index >= 15 is 0 Å². The van der Waals surface area contributed by atoms with E-state index < -0.39 is 6.09 Å². The van der Waals surface area contributed by atoms with Gasteiger partial charge in [0.15, 0.2) is 5.96 Å². The minimum atomic E-state index is -0.871. The molecular weight excluding hydrogens is 338 g/mol. The number of carbonyl (C=O) groups excluding carboxylic acids is 1. The summed E-state index contributed by atoms with van der Waals surface area (Å²) in [5.41, 5.74) is 12.2.